The van der Waals surface area contributed by atoms with Crippen molar-refractivity contribution in [1.29, 1.82) is 0 Å². The minimum absolute atomic E-state index is 0.0149. The second kappa shape index (κ2) is 10.8. The molecule has 0 saturated carbocycles. The maximum Gasteiger partial charge on any atom is 0.246 e. The van der Waals surface area contributed by atoms with E-state index >= 15 is 0 Å². The van der Waals surface area contributed by atoms with Gasteiger partial charge in [0.15, 0.2) is 0 Å². The number of amides is 1. The molecular weight excluding hydrogens is 354 g/mol. The van der Waals surface area contributed by atoms with Crippen molar-refractivity contribution in [3.8, 4) is 11.8 Å². The number of carbonyl (C=O) groups excluding carboxylic acids is 1. The lowest BCUT2D eigenvalue weighted by Gasteiger charge is -2.28. The van der Waals surface area contributed by atoms with Gasteiger partial charge in [0.2, 0.25) is 5.91 Å². The average molecular weight is 380 g/mol. The number of carbonyl (C=O) groups is 1. The van der Waals surface area contributed by atoms with E-state index in [1.807, 2.05) is 30.7 Å². The van der Waals surface area contributed by atoms with Gasteiger partial charge < -0.3 is 14.8 Å². The van der Waals surface area contributed by atoms with Crippen molar-refractivity contribution in [3.05, 3.63) is 35.4 Å². The van der Waals surface area contributed by atoms with Gasteiger partial charge in [-0.1, -0.05) is 71.5 Å². The van der Waals surface area contributed by atoms with E-state index in [0.29, 0.717) is 30.9 Å². The first-order valence-corrected chi connectivity index (χ1v) is 10.7. The van der Waals surface area contributed by atoms with Crippen LogP contribution >= 0.6 is 21.6 Å². The summed E-state index contributed by atoms with van der Waals surface area (Å²) in [6, 6.07) is 8.39. The Morgan fingerprint density at radius 2 is 2.00 bits per heavy atom. The van der Waals surface area contributed by atoms with Crippen LogP contribution in [0.2, 0.25) is 0 Å². The SMILES string of the molecule is CC(C)C#CCNC(=O)COCCOC1SSC(C)c2ccccc21. The first-order valence-electron chi connectivity index (χ1n) is 8.43. The molecule has 2 atom stereocenters. The maximum absolute atomic E-state index is 11.6. The zero-order chi connectivity index (χ0) is 18.1. The fourth-order valence-corrected chi connectivity index (χ4v) is 4.93. The number of hydrogen-bond acceptors (Lipinski definition) is 5. The van der Waals surface area contributed by atoms with E-state index in [1.165, 1.54) is 11.1 Å². The topological polar surface area (TPSA) is 47.6 Å². The van der Waals surface area contributed by atoms with Crippen LogP contribution in [0.5, 0.6) is 0 Å². The Balaban J connectivity index is 1.63. The van der Waals surface area contributed by atoms with Gasteiger partial charge in [0.1, 0.15) is 12.0 Å². The summed E-state index contributed by atoms with van der Waals surface area (Å²) in [7, 11) is 3.56. The highest BCUT2D eigenvalue weighted by Gasteiger charge is 2.26. The third-order valence-electron chi connectivity index (χ3n) is 3.47. The van der Waals surface area contributed by atoms with Crippen LogP contribution in [0.3, 0.4) is 0 Å². The fraction of sp³-hybridized carbons (Fsp3) is 0.526. The summed E-state index contributed by atoms with van der Waals surface area (Å²) in [6.07, 6.45) is 0. The third-order valence-corrected chi connectivity index (χ3v) is 6.41. The van der Waals surface area contributed by atoms with Crippen LogP contribution in [0.1, 0.15) is 42.6 Å². The average Bonchev–Trinajstić information content (AvgIpc) is 2.60. The lowest BCUT2D eigenvalue weighted by atomic mass is 10.1. The van der Waals surface area contributed by atoms with E-state index in [9.17, 15) is 4.79 Å². The summed E-state index contributed by atoms with van der Waals surface area (Å²) < 4.78 is 11.3. The monoisotopic (exact) mass is 379 g/mol. The van der Waals surface area contributed by atoms with Crippen LogP contribution < -0.4 is 5.32 Å². The molecule has 1 heterocycles. The van der Waals surface area contributed by atoms with Gasteiger partial charge in [0.05, 0.1) is 19.8 Å². The summed E-state index contributed by atoms with van der Waals surface area (Å²) in [4.78, 5) is 11.6. The fourth-order valence-electron chi connectivity index (χ4n) is 2.28. The van der Waals surface area contributed by atoms with Gasteiger partial charge in [-0.25, -0.2) is 0 Å². The third kappa shape index (κ3) is 6.95. The van der Waals surface area contributed by atoms with Crippen LogP contribution in [0.25, 0.3) is 0 Å². The van der Waals surface area contributed by atoms with Gasteiger partial charge in [0, 0.05) is 11.2 Å². The molecule has 1 aromatic carbocycles. The number of hydrogen-bond donors (Lipinski definition) is 1. The van der Waals surface area contributed by atoms with Crippen LogP contribution in [-0.2, 0) is 14.3 Å². The quantitative estimate of drug-likeness (QED) is 0.442. The summed E-state index contributed by atoms with van der Waals surface area (Å²) >= 11 is 0. The standard InChI is InChI=1S/C19H25NO3S2/c1-14(2)7-6-10-20-18(21)13-22-11-12-23-19-17-9-5-4-8-16(17)15(3)24-25-19/h4-5,8-9,14-15,19H,10-13H2,1-3H3,(H,20,21). The molecule has 25 heavy (non-hydrogen) atoms. The van der Waals surface area contributed by atoms with Crippen molar-refractivity contribution in [1.82, 2.24) is 5.32 Å². The van der Waals surface area contributed by atoms with Crippen molar-refractivity contribution >= 4 is 27.5 Å². The number of benzene rings is 1. The second-order valence-corrected chi connectivity index (χ2v) is 8.65. The van der Waals surface area contributed by atoms with Gasteiger partial charge in [0.25, 0.3) is 0 Å². The Morgan fingerprint density at radius 1 is 1.24 bits per heavy atom. The van der Waals surface area contributed by atoms with E-state index < -0.39 is 0 Å². The number of fused-ring (bicyclic) bond motifs is 1. The van der Waals surface area contributed by atoms with Crippen LogP contribution in [-0.4, -0.2) is 32.3 Å². The number of rotatable bonds is 7. The molecule has 4 nitrogen and oxygen atoms in total. The molecule has 6 heteroatoms. The largest absolute Gasteiger partial charge is 0.369 e. The van der Waals surface area contributed by atoms with E-state index in [1.54, 1.807) is 10.8 Å². The molecule has 1 N–H and O–H groups in total. The molecule has 0 spiro atoms. The van der Waals surface area contributed by atoms with Crippen molar-refractivity contribution in [2.75, 3.05) is 26.4 Å². The Bertz CT molecular complexity index is 625. The molecule has 1 amide bonds. The molecule has 1 aromatic rings. The summed E-state index contributed by atoms with van der Waals surface area (Å²) in [6.45, 7) is 7.49. The summed E-state index contributed by atoms with van der Waals surface area (Å²) in [5.41, 5.74) is 2.58. The predicted molar refractivity (Wildman–Crippen MR) is 105 cm³/mol. The smallest absolute Gasteiger partial charge is 0.246 e. The molecule has 1 aliphatic rings. The van der Waals surface area contributed by atoms with E-state index in [-0.39, 0.29) is 18.0 Å². The molecule has 0 aromatic heterocycles. The number of nitrogens with one attached hydrogen (secondary N) is 1. The van der Waals surface area contributed by atoms with Gasteiger partial charge >= 0.3 is 0 Å². The zero-order valence-corrected chi connectivity index (χ0v) is 16.5. The first-order chi connectivity index (χ1) is 12.1. The normalized spacial score (nSPS) is 19.0. The van der Waals surface area contributed by atoms with Crippen molar-refractivity contribution < 1.29 is 14.3 Å². The number of ether oxygens (including phenoxy) is 2. The molecule has 0 fully saturated rings. The second-order valence-electron chi connectivity index (χ2n) is 5.97. The Morgan fingerprint density at radius 3 is 2.76 bits per heavy atom. The van der Waals surface area contributed by atoms with E-state index in [4.69, 9.17) is 9.47 Å². The zero-order valence-electron chi connectivity index (χ0n) is 14.9. The van der Waals surface area contributed by atoms with E-state index in [2.05, 4.69) is 42.3 Å². The minimum atomic E-state index is -0.153. The van der Waals surface area contributed by atoms with Crippen LogP contribution in [0.4, 0.5) is 0 Å². The highest BCUT2D eigenvalue weighted by molar-refractivity contribution is 8.76. The van der Waals surface area contributed by atoms with Gasteiger partial charge in [-0.3, -0.25) is 4.79 Å². The van der Waals surface area contributed by atoms with E-state index in [0.717, 1.165) is 0 Å². The molecule has 1 aliphatic heterocycles. The lowest BCUT2D eigenvalue weighted by Crippen LogP contribution is -2.28. The summed E-state index contributed by atoms with van der Waals surface area (Å²) in [5, 5.41) is 3.18. The molecule has 0 saturated heterocycles. The molecular formula is C19H25NO3S2. The molecule has 2 unspecified atom stereocenters. The van der Waals surface area contributed by atoms with Crippen molar-refractivity contribution in [2.24, 2.45) is 5.92 Å². The molecule has 2 rings (SSSR count). The molecule has 0 bridgehead atoms. The van der Waals surface area contributed by atoms with Crippen molar-refractivity contribution in [3.63, 3.8) is 0 Å². The molecule has 0 radical (unpaired) electrons. The Labute approximate surface area is 158 Å². The highest BCUT2D eigenvalue weighted by atomic mass is 33.1. The molecule has 0 aliphatic carbocycles. The predicted octanol–water partition coefficient (Wildman–Crippen LogP) is 3.95. The first kappa shape index (κ1) is 20.2. The molecule has 136 valence electrons. The Hall–Kier alpha value is -1.13. The van der Waals surface area contributed by atoms with Gasteiger partial charge in [-0.2, -0.15) is 0 Å². The van der Waals surface area contributed by atoms with Crippen LogP contribution in [0, 0.1) is 17.8 Å². The van der Waals surface area contributed by atoms with Crippen LogP contribution in [0.15, 0.2) is 24.3 Å². The van der Waals surface area contributed by atoms with Gasteiger partial charge in [-0.05, 0) is 18.1 Å². The lowest BCUT2D eigenvalue weighted by molar-refractivity contribution is -0.126. The van der Waals surface area contributed by atoms with Gasteiger partial charge in [-0.15, -0.1) is 0 Å². The van der Waals surface area contributed by atoms with Crippen molar-refractivity contribution in [2.45, 2.75) is 31.5 Å². The minimum Gasteiger partial charge on any atom is -0.369 e. The summed E-state index contributed by atoms with van der Waals surface area (Å²) in [5.74, 6) is 6.06. The highest BCUT2D eigenvalue weighted by Crippen LogP contribution is 2.53. The Kier molecular flexibility index (Phi) is 8.70. The maximum atomic E-state index is 11.6.